The molecule has 0 fully saturated rings. The third kappa shape index (κ3) is 5.58. The van der Waals surface area contributed by atoms with Crippen LogP contribution in [0, 0.1) is 0 Å². The molecule has 2 aromatic carbocycles. The van der Waals surface area contributed by atoms with Crippen molar-refractivity contribution in [3.8, 4) is 0 Å². The van der Waals surface area contributed by atoms with Gasteiger partial charge in [0.05, 0.1) is 0 Å². The molecule has 3 rings (SSSR count). The Balaban J connectivity index is 1.37. The molecular weight excluding hydrogens is 386 g/mol. The SMILES string of the molecule is CNC(=O)N1CCc2cc(C(=O)CCCCNCCc3ccccc3Cl)ccc21. The predicted molar refractivity (Wildman–Crippen MR) is 118 cm³/mol. The van der Waals surface area contributed by atoms with E-state index in [1.54, 1.807) is 11.9 Å². The number of anilines is 1. The van der Waals surface area contributed by atoms with E-state index in [0.29, 0.717) is 13.0 Å². The van der Waals surface area contributed by atoms with E-state index in [9.17, 15) is 9.59 Å². The zero-order chi connectivity index (χ0) is 20.6. The fourth-order valence-electron chi connectivity index (χ4n) is 3.65. The second-order valence-corrected chi connectivity index (χ2v) is 7.68. The van der Waals surface area contributed by atoms with Gasteiger partial charge in [0.15, 0.2) is 5.78 Å². The van der Waals surface area contributed by atoms with Crippen LogP contribution >= 0.6 is 11.6 Å². The minimum absolute atomic E-state index is 0.107. The Morgan fingerprint density at radius 3 is 2.72 bits per heavy atom. The van der Waals surface area contributed by atoms with E-state index >= 15 is 0 Å². The Morgan fingerprint density at radius 2 is 1.93 bits per heavy atom. The van der Waals surface area contributed by atoms with Crippen LogP contribution in [0.1, 0.15) is 40.7 Å². The van der Waals surface area contributed by atoms with Crippen molar-refractivity contribution in [2.45, 2.75) is 32.1 Å². The Morgan fingerprint density at radius 1 is 1.10 bits per heavy atom. The largest absolute Gasteiger partial charge is 0.341 e. The molecule has 5 nitrogen and oxygen atoms in total. The third-order valence-electron chi connectivity index (χ3n) is 5.29. The molecule has 0 spiro atoms. The van der Waals surface area contributed by atoms with E-state index in [4.69, 9.17) is 11.6 Å². The first-order chi connectivity index (χ1) is 14.1. The normalized spacial score (nSPS) is 12.7. The van der Waals surface area contributed by atoms with Crippen LogP contribution in [0.5, 0.6) is 0 Å². The Hall–Kier alpha value is -2.37. The Bertz CT molecular complexity index is 869. The number of Topliss-reactive ketones (excluding diaryl/α,β-unsaturated/α-hetero) is 1. The lowest BCUT2D eigenvalue weighted by Gasteiger charge is -2.16. The minimum Gasteiger partial charge on any atom is -0.341 e. The van der Waals surface area contributed by atoms with Crippen molar-refractivity contribution in [3.63, 3.8) is 0 Å². The number of ketones is 1. The molecule has 0 aliphatic carbocycles. The van der Waals surface area contributed by atoms with Gasteiger partial charge in [0.2, 0.25) is 0 Å². The van der Waals surface area contributed by atoms with Crippen molar-refractivity contribution >= 4 is 29.1 Å². The number of hydrogen-bond acceptors (Lipinski definition) is 3. The topological polar surface area (TPSA) is 61.4 Å². The second-order valence-electron chi connectivity index (χ2n) is 7.27. The summed E-state index contributed by atoms with van der Waals surface area (Å²) in [4.78, 5) is 26.1. The van der Waals surface area contributed by atoms with Gasteiger partial charge in [-0.3, -0.25) is 9.69 Å². The highest BCUT2D eigenvalue weighted by Gasteiger charge is 2.24. The van der Waals surface area contributed by atoms with E-state index in [1.165, 1.54) is 0 Å². The molecule has 0 unspecified atom stereocenters. The van der Waals surface area contributed by atoms with Gasteiger partial charge in [-0.1, -0.05) is 29.8 Å². The summed E-state index contributed by atoms with van der Waals surface area (Å²) >= 11 is 6.16. The maximum atomic E-state index is 12.5. The number of carbonyl (C=O) groups excluding carboxylic acids is 2. The third-order valence-corrected chi connectivity index (χ3v) is 5.66. The molecule has 2 amide bonds. The molecule has 0 atom stereocenters. The zero-order valence-corrected chi connectivity index (χ0v) is 17.6. The molecule has 0 aromatic heterocycles. The monoisotopic (exact) mass is 413 g/mol. The number of carbonyl (C=O) groups is 2. The fraction of sp³-hybridized carbons (Fsp3) is 0.391. The average Bonchev–Trinajstić information content (AvgIpc) is 3.16. The van der Waals surface area contributed by atoms with E-state index in [2.05, 4.69) is 10.6 Å². The van der Waals surface area contributed by atoms with Gasteiger partial charge in [-0.25, -0.2) is 4.79 Å². The maximum absolute atomic E-state index is 12.5. The molecule has 2 aromatic rings. The number of halogens is 1. The van der Waals surface area contributed by atoms with Gasteiger partial charge in [0.1, 0.15) is 0 Å². The molecular formula is C23H28ClN3O2. The van der Waals surface area contributed by atoms with Crippen molar-refractivity contribution in [3.05, 3.63) is 64.2 Å². The van der Waals surface area contributed by atoms with Crippen LogP contribution in [0.15, 0.2) is 42.5 Å². The highest BCUT2D eigenvalue weighted by atomic mass is 35.5. The average molecular weight is 414 g/mol. The van der Waals surface area contributed by atoms with Crippen LogP contribution in [0.4, 0.5) is 10.5 Å². The van der Waals surface area contributed by atoms with Gasteiger partial charge >= 0.3 is 6.03 Å². The second kappa shape index (κ2) is 10.4. The van der Waals surface area contributed by atoms with Gasteiger partial charge in [-0.2, -0.15) is 0 Å². The predicted octanol–water partition coefficient (Wildman–Crippen LogP) is 4.23. The molecule has 29 heavy (non-hydrogen) atoms. The van der Waals surface area contributed by atoms with Gasteiger partial charge in [0.25, 0.3) is 0 Å². The van der Waals surface area contributed by atoms with E-state index in [0.717, 1.165) is 66.2 Å². The molecule has 2 N–H and O–H groups in total. The summed E-state index contributed by atoms with van der Waals surface area (Å²) in [5, 5.41) is 6.88. The van der Waals surface area contributed by atoms with E-state index in [1.807, 2.05) is 42.5 Å². The van der Waals surface area contributed by atoms with Crippen molar-refractivity contribution in [2.75, 3.05) is 31.6 Å². The lowest BCUT2D eigenvalue weighted by molar-refractivity contribution is 0.0979. The first-order valence-corrected chi connectivity index (χ1v) is 10.6. The summed E-state index contributed by atoms with van der Waals surface area (Å²) in [6.07, 6.45) is 4.06. The number of hydrogen-bond donors (Lipinski definition) is 2. The summed E-state index contributed by atoms with van der Waals surface area (Å²) in [5.41, 5.74) is 3.88. The molecule has 1 aliphatic heterocycles. The van der Waals surface area contributed by atoms with Crippen molar-refractivity contribution in [1.82, 2.24) is 10.6 Å². The van der Waals surface area contributed by atoms with Gasteiger partial charge in [-0.15, -0.1) is 0 Å². The molecule has 0 saturated heterocycles. The summed E-state index contributed by atoms with van der Waals surface area (Å²) in [6, 6.07) is 13.5. The number of rotatable bonds is 9. The first-order valence-electron chi connectivity index (χ1n) is 10.2. The number of fused-ring (bicyclic) bond motifs is 1. The number of nitrogens with zero attached hydrogens (tertiary/aromatic N) is 1. The van der Waals surface area contributed by atoms with Crippen LogP contribution in [0.2, 0.25) is 5.02 Å². The lowest BCUT2D eigenvalue weighted by atomic mass is 10.0. The summed E-state index contributed by atoms with van der Waals surface area (Å²) in [6.45, 7) is 2.43. The first kappa shape index (κ1) is 21.3. The van der Waals surface area contributed by atoms with Gasteiger partial charge in [0, 0.05) is 36.3 Å². The molecule has 154 valence electrons. The number of unbranched alkanes of at least 4 members (excludes halogenated alkanes) is 1. The Kier molecular flexibility index (Phi) is 7.67. The van der Waals surface area contributed by atoms with Crippen molar-refractivity contribution in [1.29, 1.82) is 0 Å². The van der Waals surface area contributed by atoms with Gasteiger partial charge < -0.3 is 10.6 Å². The van der Waals surface area contributed by atoms with Crippen LogP contribution in [-0.2, 0) is 12.8 Å². The zero-order valence-electron chi connectivity index (χ0n) is 16.8. The molecule has 0 radical (unpaired) electrons. The van der Waals surface area contributed by atoms with E-state index < -0.39 is 0 Å². The van der Waals surface area contributed by atoms with Gasteiger partial charge in [-0.05, 0) is 74.2 Å². The lowest BCUT2D eigenvalue weighted by Crippen LogP contribution is -2.36. The highest BCUT2D eigenvalue weighted by Crippen LogP contribution is 2.29. The summed E-state index contributed by atoms with van der Waals surface area (Å²) in [7, 11) is 1.63. The molecule has 6 heteroatoms. The van der Waals surface area contributed by atoms with E-state index in [-0.39, 0.29) is 11.8 Å². The summed E-state index contributed by atoms with van der Waals surface area (Å²) < 4.78 is 0. The fourth-order valence-corrected chi connectivity index (χ4v) is 3.88. The summed E-state index contributed by atoms with van der Waals surface area (Å²) in [5.74, 6) is 0.169. The number of benzene rings is 2. The van der Waals surface area contributed by atoms with Crippen LogP contribution < -0.4 is 15.5 Å². The molecule has 0 saturated carbocycles. The van der Waals surface area contributed by atoms with Crippen LogP contribution in [0.3, 0.4) is 0 Å². The molecule has 1 aliphatic rings. The number of urea groups is 1. The highest BCUT2D eigenvalue weighted by molar-refractivity contribution is 6.31. The minimum atomic E-state index is -0.107. The quantitative estimate of drug-likeness (QED) is 0.477. The molecule has 0 bridgehead atoms. The number of amides is 2. The van der Waals surface area contributed by atoms with Crippen molar-refractivity contribution < 1.29 is 9.59 Å². The Labute approximate surface area is 177 Å². The maximum Gasteiger partial charge on any atom is 0.321 e. The van der Waals surface area contributed by atoms with Crippen LogP contribution in [0.25, 0.3) is 0 Å². The smallest absolute Gasteiger partial charge is 0.321 e. The number of nitrogens with one attached hydrogen (secondary N) is 2. The standard InChI is InChI=1S/C23H28ClN3O2/c1-25-23(29)27-15-12-18-16-19(9-10-21(18)27)22(28)8-4-5-13-26-14-11-17-6-2-3-7-20(17)24/h2-3,6-7,9-10,16,26H,4-5,8,11-15H2,1H3,(H,25,29). The van der Waals surface area contributed by atoms with Crippen LogP contribution in [-0.4, -0.2) is 38.5 Å². The van der Waals surface area contributed by atoms with Crippen molar-refractivity contribution in [2.24, 2.45) is 0 Å². The molecule has 1 heterocycles.